The lowest BCUT2D eigenvalue weighted by atomic mass is 10.1. The van der Waals surface area contributed by atoms with Crippen LogP contribution in [0.15, 0.2) is 59.5 Å². The van der Waals surface area contributed by atoms with E-state index in [-0.39, 0.29) is 23.4 Å². The van der Waals surface area contributed by atoms with Crippen LogP contribution in [0.3, 0.4) is 0 Å². The number of terminal acetylenes is 1. The molecular formula is C22H22N4O3S. The molecule has 7 nitrogen and oxygen atoms in total. The van der Waals surface area contributed by atoms with Gasteiger partial charge in [-0.3, -0.25) is 9.69 Å². The molecular weight excluding hydrogens is 400 g/mol. The van der Waals surface area contributed by atoms with Crippen molar-refractivity contribution in [2.75, 3.05) is 32.7 Å². The Bertz CT molecular complexity index is 1060. The number of benzene rings is 2. The zero-order valence-corrected chi connectivity index (χ0v) is 17.2. The fourth-order valence-corrected chi connectivity index (χ4v) is 4.30. The highest BCUT2D eigenvalue weighted by molar-refractivity contribution is 7.89. The summed E-state index contributed by atoms with van der Waals surface area (Å²) in [5, 5.41) is 9.59. The van der Waals surface area contributed by atoms with Crippen LogP contribution in [0, 0.1) is 23.7 Å². The van der Waals surface area contributed by atoms with Crippen LogP contribution in [-0.4, -0.2) is 56.8 Å². The molecule has 1 heterocycles. The molecule has 1 N–H and O–H groups in total. The fourth-order valence-electron chi connectivity index (χ4n) is 3.36. The van der Waals surface area contributed by atoms with Crippen LogP contribution in [0.4, 0.5) is 0 Å². The van der Waals surface area contributed by atoms with E-state index in [4.69, 9.17) is 6.42 Å². The summed E-state index contributed by atoms with van der Waals surface area (Å²) in [7, 11) is -3.69. The number of piperazine rings is 1. The molecule has 0 spiro atoms. The van der Waals surface area contributed by atoms with Gasteiger partial charge in [0, 0.05) is 31.7 Å². The lowest BCUT2D eigenvalue weighted by Crippen LogP contribution is -2.49. The van der Waals surface area contributed by atoms with Crippen molar-refractivity contribution in [1.29, 1.82) is 5.26 Å². The highest BCUT2D eigenvalue weighted by atomic mass is 32.2. The molecule has 0 aromatic heterocycles. The summed E-state index contributed by atoms with van der Waals surface area (Å²) in [6.45, 7) is 2.06. The number of rotatable bonds is 6. The van der Waals surface area contributed by atoms with E-state index in [1.807, 2.05) is 30.3 Å². The molecule has 1 amide bonds. The third-order valence-electron chi connectivity index (χ3n) is 4.98. The second-order valence-electron chi connectivity index (χ2n) is 6.82. The molecule has 30 heavy (non-hydrogen) atoms. The Morgan fingerprint density at radius 1 is 1.07 bits per heavy atom. The van der Waals surface area contributed by atoms with Gasteiger partial charge >= 0.3 is 0 Å². The predicted molar refractivity (Wildman–Crippen MR) is 113 cm³/mol. The van der Waals surface area contributed by atoms with E-state index in [0.29, 0.717) is 31.7 Å². The zero-order valence-electron chi connectivity index (χ0n) is 16.4. The SMILES string of the molecule is C#CCNS(=O)(=O)c1ccc(C(=O)N2CCN(C(C#N)c3ccccc3)CC2)cc1. The minimum atomic E-state index is -3.69. The second-order valence-corrected chi connectivity index (χ2v) is 8.59. The van der Waals surface area contributed by atoms with Gasteiger partial charge in [-0.25, -0.2) is 8.42 Å². The van der Waals surface area contributed by atoms with Crippen molar-refractivity contribution >= 4 is 15.9 Å². The van der Waals surface area contributed by atoms with E-state index >= 15 is 0 Å². The van der Waals surface area contributed by atoms with Crippen molar-refractivity contribution in [1.82, 2.24) is 14.5 Å². The van der Waals surface area contributed by atoms with Crippen molar-refractivity contribution < 1.29 is 13.2 Å². The van der Waals surface area contributed by atoms with Gasteiger partial charge in [0.15, 0.2) is 0 Å². The third kappa shape index (κ3) is 4.87. The van der Waals surface area contributed by atoms with E-state index in [1.54, 1.807) is 4.90 Å². The zero-order chi connectivity index (χ0) is 21.6. The van der Waals surface area contributed by atoms with Gasteiger partial charge in [-0.2, -0.15) is 9.98 Å². The largest absolute Gasteiger partial charge is 0.336 e. The summed E-state index contributed by atoms with van der Waals surface area (Å²) >= 11 is 0. The number of nitriles is 1. The normalized spacial score (nSPS) is 15.7. The number of hydrogen-bond donors (Lipinski definition) is 1. The lowest BCUT2D eigenvalue weighted by Gasteiger charge is -2.37. The number of sulfonamides is 1. The Hall–Kier alpha value is -3.17. The van der Waals surface area contributed by atoms with Crippen LogP contribution in [0.5, 0.6) is 0 Å². The van der Waals surface area contributed by atoms with E-state index in [9.17, 15) is 18.5 Å². The summed E-state index contributed by atoms with van der Waals surface area (Å²) < 4.78 is 26.5. The molecule has 1 unspecified atom stereocenters. The molecule has 1 aliphatic heterocycles. The minimum absolute atomic E-state index is 0.0545. The van der Waals surface area contributed by atoms with Crippen LogP contribution in [0.1, 0.15) is 22.0 Å². The second kappa shape index (κ2) is 9.55. The Kier molecular flexibility index (Phi) is 6.86. The summed E-state index contributed by atoms with van der Waals surface area (Å²) in [4.78, 5) is 16.6. The van der Waals surface area contributed by atoms with Crippen LogP contribution in [0.25, 0.3) is 0 Å². The Labute approximate surface area is 177 Å². The minimum Gasteiger partial charge on any atom is -0.336 e. The van der Waals surface area contributed by atoms with E-state index < -0.39 is 10.0 Å². The number of nitrogens with one attached hydrogen (secondary N) is 1. The molecule has 0 saturated carbocycles. The van der Waals surface area contributed by atoms with Crippen LogP contribution < -0.4 is 4.72 Å². The topological polar surface area (TPSA) is 93.5 Å². The highest BCUT2D eigenvalue weighted by Gasteiger charge is 2.27. The molecule has 2 aromatic carbocycles. The summed E-state index contributed by atoms with van der Waals surface area (Å²) in [5.41, 5.74) is 1.36. The molecule has 0 aliphatic carbocycles. The van der Waals surface area contributed by atoms with Gasteiger partial charge in [0.05, 0.1) is 17.5 Å². The fraction of sp³-hybridized carbons (Fsp3) is 0.273. The van der Waals surface area contributed by atoms with Gasteiger partial charge in [-0.1, -0.05) is 36.3 Å². The van der Waals surface area contributed by atoms with Crippen molar-refractivity contribution in [3.63, 3.8) is 0 Å². The molecule has 1 fully saturated rings. The first-order valence-corrected chi connectivity index (χ1v) is 11.0. The summed E-state index contributed by atoms with van der Waals surface area (Å²) in [6.07, 6.45) is 5.08. The average Bonchev–Trinajstić information content (AvgIpc) is 2.79. The molecule has 154 valence electrons. The number of hydrogen-bond acceptors (Lipinski definition) is 5. The lowest BCUT2D eigenvalue weighted by molar-refractivity contribution is 0.0606. The smallest absolute Gasteiger partial charge is 0.253 e. The first-order chi connectivity index (χ1) is 14.5. The first-order valence-electron chi connectivity index (χ1n) is 9.47. The molecule has 1 atom stereocenters. The van der Waals surface area contributed by atoms with Gasteiger partial charge < -0.3 is 4.90 Å². The maximum Gasteiger partial charge on any atom is 0.253 e. The monoisotopic (exact) mass is 422 g/mol. The average molecular weight is 423 g/mol. The number of carbonyl (C=O) groups is 1. The maximum absolute atomic E-state index is 12.8. The van der Waals surface area contributed by atoms with Crippen LogP contribution >= 0.6 is 0 Å². The molecule has 1 aliphatic rings. The van der Waals surface area contributed by atoms with Crippen molar-refractivity contribution in [2.24, 2.45) is 0 Å². The van der Waals surface area contributed by atoms with Gasteiger partial charge in [0.25, 0.3) is 5.91 Å². The Morgan fingerprint density at radius 3 is 2.27 bits per heavy atom. The van der Waals surface area contributed by atoms with Crippen molar-refractivity contribution in [2.45, 2.75) is 10.9 Å². The van der Waals surface area contributed by atoms with E-state index in [1.165, 1.54) is 24.3 Å². The molecule has 3 rings (SSSR count). The Balaban J connectivity index is 1.63. The number of amides is 1. The van der Waals surface area contributed by atoms with Gasteiger partial charge in [0.1, 0.15) is 6.04 Å². The van der Waals surface area contributed by atoms with Gasteiger partial charge in [0.2, 0.25) is 10.0 Å². The van der Waals surface area contributed by atoms with Crippen molar-refractivity contribution in [3.8, 4) is 18.4 Å². The molecule has 1 saturated heterocycles. The summed E-state index contributed by atoms with van der Waals surface area (Å²) in [6, 6.07) is 17.4. The Morgan fingerprint density at radius 2 is 1.70 bits per heavy atom. The molecule has 0 bridgehead atoms. The van der Waals surface area contributed by atoms with Crippen LogP contribution in [-0.2, 0) is 10.0 Å². The quantitative estimate of drug-likeness (QED) is 0.714. The molecule has 2 aromatic rings. The number of nitrogens with zero attached hydrogens (tertiary/aromatic N) is 3. The first kappa shape index (κ1) is 21.5. The van der Waals surface area contributed by atoms with Gasteiger partial charge in [-0.15, -0.1) is 6.42 Å². The highest BCUT2D eigenvalue weighted by Crippen LogP contribution is 2.22. The van der Waals surface area contributed by atoms with Crippen molar-refractivity contribution in [3.05, 3.63) is 65.7 Å². The third-order valence-corrected chi connectivity index (χ3v) is 6.40. The number of carbonyl (C=O) groups excluding carboxylic acids is 1. The van der Waals surface area contributed by atoms with Crippen LogP contribution in [0.2, 0.25) is 0 Å². The molecule has 0 radical (unpaired) electrons. The predicted octanol–water partition coefficient (Wildman–Crippen LogP) is 1.62. The maximum atomic E-state index is 12.8. The molecule has 8 heteroatoms. The summed E-state index contributed by atoms with van der Waals surface area (Å²) in [5.74, 6) is 2.05. The van der Waals surface area contributed by atoms with E-state index in [0.717, 1.165) is 5.56 Å². The standard InChI is InChI=1S/C22H22N4O3S/c1-2-12-24-30(28,29)20-10-8-19(9-11-20)22(27)26-15-13-25(14-16-26)21(17-23)18-6-4-3-5-7-18/h1,3-11,21,24H,12-16H2. The van der Waals surface area contributed by atoms with E-state index in [2.05, 4.69) is 21.6 Å². The van der Waals surface area contributed by atoms with Gasteiger partial charge in [-0.05, 0) is 29.8 Å².